The highest BCUT2D eigenvalue weighted by Gasteiger charge is 2.12. The first-order chi connectivity index (χ1) is 8.58. The Balaban J connectivity index is 2.22. The Hall–Kier alpha value is -2.14. The number of rotatable bonds is 4. The molecule has 0 amide bonds. The second-order valence-corrected chi connectivity index (χ2v) is 4.05. The third kappa shape index (κ3) is 2.57. The van der Waals surface area contributed by atoms with Crippen molar-refractivity contribution in [2.24, 2.45) is 5.73 Å². The Labute approximate surface area is 104 Å². The minimum Gasteiger partial charge on any atom is -0.480 e. The zero-order valence-electron chi connectivity index (χ0n) is 9.96. The van der Waals surface area contributed by atoms with Gasteiger partial charge in [0.25, 0.3) is 0 Å². The fourth-order valence-corrected chi connectivity index (χ4v) is 1.64. The van der Waals surface area contributed by atoms with Crippen LogP contribution >= 0.6 is 0 Å². The van der Waals surface area contributed by atoms with Crippen LogP contribution < -0.4 is 10.5 Å². The van der Waals surface area contributed by atoms with Crippen LogP contribution in [0.25, 0.3) is 10.9 Å². The largest absolute Gasteiger partial charge is 0.480 e. The van der Waals surface area contributed by atoms with Crippen LogP contribution in [0.4, 0.5) is 0 Å². The van der Waals surface area contributed by atoms with Gasteiger partial charge in [0, 0.05) is 11.5 Å². The molecule has 0 bridgehead atoms. The zero-order chi connectivity index (χ0) is 13.1. The molecule has 2 rings (SSSR count). The van der Waals surface area contributed by atoms with Gasteiger partial charge in [-0.25, -0.2) is 4.98 Å². The lowest BCUT2D eigenvalue weighted by molar-refractivity contribution is -0.139. The first-order valence-corrected chi connectivity index (χ1v) is 5.55. The third-order valence-corrected chi connectivity index (χ3v) is 2.63. The molecule has 5 nitrogen and oxygen atoms in total. The molecule has 1 heterocycles. The van der Waals surface area contributed by atoms with Gasteiger partial charge in [-0.05, 0) is 18.6 Å². The Bertz CT molecular complexity index is 583. The number of aromatic nitrogens is 1. The van der Waals surface area contributed by atoms with E-state index in [1.165, 1.54) is 0 Å². The first-order valence-electron chi connectivity index (χ1n) is 5.55. The number of fused-ring (bicyclic) bond motifs is 1. The molecule has 0 aliphatic rings. The molecule has 3 N–H and O–H groups in total. The van der Waals surface area contributed by atoms with Crippen LogP contribution in [-0.4, -0.2) is 28.7 Å². The van der Waals surface area contributed by atoms with E-state index in [-0.39, 0.29) is 6.61 Å². The number of carbonyl (C=O) groups is 1. The molecule has 0 spiro atoms. The standard InChI is InChI=1S/C13H14N2O3/c1-8-6-12(18-7-10(14)13(16)17)15-11-5-3-2-4-9(8)11/h2-6,10H,7,14H2,1H3,(H,16,17). The summed E-state index contributed by atoms with van der Waals surface area (Å²) in [7, 11) is 0. The van der Waals surface area contributed by atoms with Gasteiger partial charge in [0.1, 0.15) is 12.6 Å². The molecule has 18 heavy (non-hydrogen) atoms. The number of aliphatic carboxylic acids is 1. The maximum absolute atomic E-state index is 10.6. The van der Waals surface area contributed by atoms with Gasteiger partial charge in [-0.3, -0.25) is 4.79 Å². The smallest absolute Gasteiger partial charge is 0.324 e. The number of benzene rings is 1. The summed E-state index contributed by atoms with van der Waals surface area (Å²) in [6.45, 7) is 1.86. The molecule has 0 fully saturated rings. The lowest BCUT2D eigenvalue weighted by atomic mass is 10.1. The van der Waals surface area contributed by atoms with Crippen LogP contribution in [0.3, 0.4) is 0 Å². The number of carboxylic acid groups (broad SMARTS) is 1. The highest BCUT2D eigenvalue weighted by Crippen LogP contribution is 2.20. The summed E-state index contributed by atoms with van der Waals surface area (Å²) < 4.78 is 5.30. The molecule has 0 aliphatic carbocycles. The van der Waals surface area contributed by atoms with Crippen LogP contribution in [0.1, 0.15) is 5.56 Å². The summed E-state index contributed by atoms with van der Waals surface area (Å²) in [5.41, 5.74) is 7.21. The monoisotopic (exact) mass is 246 g/mol. The summed E-state index contributed by atoms with van der Waals surface area (Å²) in [6, 6.07) is 8.42. The molecule has 94 valence electrons. The average molecular weight is 246 g/mol. The number of carboxylic acids is 1. The summed E-state index contributed by atoms with van der Waals surface area (Å²) >= 11 is 0. The average Bonchev–Trinajstić information content (AvgIpc) is 2.36. The third-order valence-electron chi connectivity index (χ3n) is 2.63. The maximum atomic E-state index is 10.6. The van der Waals surface area contributed by atoms with E-state index in [0.717, 1.165) is 16.5 Å². The highest BCUT2D eigenvalue weighted by atomic mass is 16.5. The number of pyridine rings is 1. The van der Waals surface area contributed by atoms with Gasteiger partial charge in [-0.15, -0.1) is 0 Å². The van der Waals surface area contributed by atoms with Crippen molar-refractivity contribution in [2.45, 2.75) is 13.0 Å². The van der Waals surface area contributed by atoms with Crippen LogP contribution in [-0.2, 0) is 4.79 Å². The normalized spacial score (nSPS) is 12.3. The number of hydrogen-bond acceptors (Lipinski definition) is 4. The molecule has 0 saturated heterocycles. The summed E-state index contributed by atoms with van der Waals surface area (Å²) in [6.07, 6.45) is 0. The predicted octanol–water partition coefficient (Wildman–Crippen LogP) is 1.33. The van der Waals surface area contributed by atoms with Crippen molar-refractivity contribution in [3.8, 4) is 5.88 Å². The summed E-state index contributed by atoms with van der Waals surface area (Å²) in [5, 5.41) is 9.71. The molecule has 0 radical (unpaired) electrons. The quantitative estimate of drug-likeness (QED) is 0.850. The maximum Gasteiger partial charge on any atom is 0.324 e. The Kier molecular flexibility index (Phi) is 3.43. The first kappa shape index (κ1) is 12.3. The molecule has 1 aromatic heterocycles. The number of aryl methyl sites for hydroxylation is 1. The van der Waals surface area contributed by atoms with E-state index in [1.54, 1.807) is 6.07 Å². The Morgan fingerprint density at radius 3 is 2.94 bits per heavy atom. The van der Waals surface area contributed by atoms with Crippen molar-refractivity contribution in [2.75, 3.05) is 6.61 Å². The van der Waals surface area contributed by atoms with Crippen LogP contribution in [0, 0.1) is 6.92 Å². The molecule has 0 aliphatic heterocycles. The summed E-state index contributed by atoms with van der Waals surface area (Å²) in [5.74, 6) is -0.699. The second-order valence-electron chi connectivity index (χ2n) is 4.05. The molecule has 1 aromatic carbocycles. The summed E-state index contributed by atoms with van der Waals surface area (Å²) in [4.78, 5) is 14.9. The Morgan fingerprint density at radius 2 is 2.22 bits per heavy atom. The van der Waals surface area contributed by atoms with E-state index < -0.39 is 12.0 Å². The predicted molar refractivity (Wildman–Crippen MR) is 67.6 cm³/mol. The van der Waals surface area contributed by atoms with Gasteiger partial charge < -0.3 is 15.6 Å². The molecular weight excluding hydrogens is 232 g/mol. The zero-order valence-corrected chi connectivity index (χ0v) is 9.96. The lowest BCUT2D eigenvalue weighted by Gasteiger charge is -2.10. The molecular formula is C13H14N2O3. The SMILES string of the molecule is Cc1cc(OCC(N)C(=O)O)nc2ccccc12. The Morgan fingerprint density at radius 1 is 1.50 bits per heavy atom. The van der Waals surface area contributed by atoms with Gasteiger partial charge in [0.15, 0.2) is 0 Å². The van der Waals surface area contributed by atoms with Gasteiger partial charge in [0.2, 0.25) is 5.88 Å². The molecule has 1 unspecified atom stereocenters. The fourth-order valence-electron chi connectivity index (χ4n) is 1.64. The van der Waals surface area contributed by atoms with E-state index in [4.69, 9.17) is 15.6 Å². The van der Waals surface area contributed by atoms with Crippen molar-refractivity contribution < 1.29 is 14.6 Å². The molecule has 2 aromatic rings. The number of ether oxygens (including phenoxy) is 1. The molecule has 0 saturated carbocycles. The highest BCUT2D eigenvalue weighted by molar-refractivity contribution is 5.82. The minimum atomic E-state index is -1.09. The van der Waals surface area contributed by atoms with Gasteiger partial charge in [-0.2, -0.15) is 0 Å². The van der Waals surface area contributed by atoms with E-state index in [1.807, 2.05) is 31.2 Å². The van der Waals surface area contributed by atoms with E-state index in [0.29, 0.717) is 5.88 Å². The topological polar surface area (TPSA) is 85.4 Å². The van der Waals surface area contributed by atoms with Gasteiger partial charge in [0.05, 0.1) is 5.52 Å². The van der Waals surface area contributed by atoms with Crippen molar-refractivity contribution in [1.82, 2.24) is 4.98 Å². The number of para-hydroxylation sites is 1. The van der Waals surface area contributed by atoms with Crippen LogP contribution in [0.2, 0.25) is 0 Å². The van der Waals surface area contributed by atoms with Gasteiger partial charge >= 0.3 is 5.97 Å². The minimum absolute atomic E-state index is 0.0971. The van der Waals surface area contributed by atoms with Crippen molar-refractivity contribution in [3.63, 3.8) is 0 Å². The van der Waals surface area contributed by atoms with E-state index >= 15 is 0 Å². The fraction of sp³-hybridized carbons (Fsp3) is 0.231. The molecule has 5 heteroatoms. The number of hydrogen-bond donors (Lipinski definition) is 2. The number of nitrogens with zero attached hydrogens (tertiary/aromatic N) is 1. The van der Waals surface area contributed by atoms with Crippen molar-refractivity contribution in [3.05, 3.63) is 35.9 Å². The van der Waals surface area contributed by atoms with E-state index in [9.17, 15) is 4.79 Å². The van der Waals surface area contributed by atoms with Crippen LogP contribution in [0.15, 0.2) is 30.3 Å². The lowest BCUT2D eigenvalue weighted by Crippen LogP contribution is -2.36. The van der Waals surface area contributed by atoms with Crippen molar-refractivity contribution in [1.29, 1.82) is 0 Å². The van der Waals surface area contributed by atoms with Gasteiger partial charge in [-0.1, -0.05) is 18.2 Å². The van der Waals surface area contributed by atoms with Crippen molar-refractivity contribution >= 4 is 16.9 Å². The number of nitrogens with two attached hydrogens (primary N) is 1. The molecule has 1 atom stereocenters. The second kappa shape index (κ2) is 5.01. The van der Waals surface area contributed by atoms with E-state index in [2.05, 4.69) is 4.98 Å². The van der Waals surface area contributed by atoms with Crippen LogP contribution in [0.5, 0.6) is 5.88 Å².